The molecule has 0 radical (unpaired) electrons. The van der Waals surface area contributed by atoms with Crippen molar-refractivity contribution in [1.29, 1.82) is 0 Å². The molecule has 1 aromatic carbocycles. The second-order valence-corrected chi connectivity index (χ2v) is 9.40. The van der Waals surface area contributed by atoms with Gasteiger partial charge in [-0.2, -0.15) is 4.31 Å². The summed E-state index contributed by atoms with van der Waals surface area (Å²) >= 11 is 0. The molecule has 1 aliphatic rings. The summed E-state index contributed by atoms with van der Waals surface area (Å²) in [4.78, 5) is 11.4. The molecule has 158 valence electrons. The van der Waals surface area contributed by atoms with Crippen LogP contribution in [0.1, 0.15) is 36.8 Å². The van der Waals surface area contributed by atoms with E-state index >= 15 is 0 Å². The van der Waals surface area contributed by atoms with E-state index in [0.29, 0.717) is 17.3 Å². The number of hydrogen-bond acceptors (Lipinski definition) is 7. The van der Waals surface area contributed by atoms with Crippen LogP contribution in [0.2, 0.25) is 0 Å². The quantitative estimate of drug-likeness (QED) is 0.736. The Hall–Kier alpha value is -2.23. The molecule has 1 N–H and O–H groups in total. The fraction of sp³-hybridized carbons (Fsp3) is 0.500. The fourth-order valence-corrected chi connectivity index (χ4v) is 4.65. The lowest BCUT2D eigenvalue weighted by Gasteiger charge is -2.25. The molecule has 1 fully saturated rings. The predicted octanol–water partition coefficient (Wildman–Crippen LogP) is 2.19. The number of rotatable bonds is 7. The number of ether oxygens (including phenoxy) is 1. The molecular formula is C20H29N5O3S. The maximum atomic E-state index is 13.1. The van der Waals surface area contributed by atoms with Crippen LogP contribution in [0, 0.1) is 0 Å². The number of sulfonamides is 1. The Morgan fingerprint density at radius 1 is 1.17 bits per heavy atom. The zero-order valence-corrected chi connectivity index (χ0v) is 18.2. The van der Waals surface area contributed by atoms with Crippen LogP contribution in [0.3, 0.4) is 0 Å². The summed E-state index contributed by atoms with van der Waals surface area (Å²) in [6.45, 7) is 1.08. The monoisotopic (exact) mass is 419 g/mol. The first-order valence-electron chi connectivity index (χ1n) is 9.71. The van der Waals surface area contributed by atoms with E-state index in [2.05, 4.69) is 10.3 Å². The standard InChI is InChI=1S/C20H29N5O3S/c1-24(2)19-13-15(22-20(23-19)16-9-7-8-12-21-16)14-25(3)29(26,27)18-11-6-5-10-17(18)28-4/h5-6,10-11,13,16,21H,7-9,12,14H2,1-4H3/t16-/m0/s1. The van der Waals surface area contributed by atoms with Gasteiger partial charge in [0.1, 0.15) is 22.3 Å². The largest absolute Gasteiger partial charge is 0.495 e. The lowest BCUT2D eigenvalue weighted by Crippen LogP contribution is -2.30. The lowest BCUT2D eigenvalue weighted by molar-refractivity contribution is 0.392. The van der Waals surface area contributed by atoms with E-state index in [-0.39, 0.29) is 17.5 Å². The summed E-state index contributed by atoms with van der Waals surface area (Å²) in [6, 6.07) is 8.55. The highest BCUT2D eigenvalue weighted by atomic mass is 32.2. The van der Waals surface area contributed by atoms with Gasteiger partial charge in [-0.15, -0.1) is 0 Å². The topological polar surface area (TPSA) is 87.7 Å². The first-order chi connectivity index (χ1) is 13.8. The van der Waals surface area contributed by atoms with Crippen LogP contribution in [-0.2, 0) is 16.6 Å². The van der Waals surface area contributed by atoms with E-state index in [1.165, 1.54) is 11.4 Å². The lowest BCUT2D eigenvalue weighted by atomic mass is 10.0. The summed E-state index contributed by atoms with van der Waals surface area (Å²) in [5.41, 5.74) is 0.659. The minimum Gasteiger partial charge on any atom is -0.495 e. The van der Waals surface area contributed by atoms with Gasteiger partial charge in [0.25, 0.3) is 0 Å². The Morgan fingerprint density at radius 2 is 1.93 bits per heavy atom. The summed E-state index contributed by atoms with van der Waals surface area (Å²) in [5.74, 6) is 1.80. The zero-order chi connectivity index (χ0) is 21.0. The summed E-state index contributed by atoms with van der Waals surface area (Å²) in [5, 5.41) is 3.46. The number of piperidine rings is 1. The maximum Gasteiger partial charge on any atom is 0.246 e. The van der Waals surface area contributed by atoms with Gasteiger partial charge >= 0.3 is 0 Å². The fourth-order valence-electron chi connectivity index (χ4n) is 3.35. The van der Waals surface area contributed by atoms with E-state index in [9.17, 15) is 8.42 Å². The van der Waals surface area contributed by atoms with Gasteiger partial charge in [-0.25, -0.2) is 18.4 Å². The SMILES string of the molecule is COc1ccccc1S(=O)(=O)N(C)Cc1cc(N(C)C)nc([C@@H]2CCCCN2)n1. The first kappa shape index (κ1) is 21.5. The Balaban J connectivity index is 1.90. The predicted molar refractivity (Wildman–Crippen MR) is 113 cm³/mol. The molecule has 1 saturated heterocycles. The second kappa shape index (κ2) is 9.06. The molecule has 9 heteroatoms. The molecule has 2 aromatic rings. The van der Waals surface area contributed by atoms with Crippen molar-refractivity contribution in [2.75, 3.05) is 39.7 Å². The highest BCUT2D eigenvalue weighted by Crippen LogP contribution is 2.27. The molecular weight excluding hydrogens is 390 g/mol. The minimum absolute atomic E-state index is 0.0959. The first-order valence-corrected chi connectivity index (χ1v) is 11.1. The van der Waals surface area contributed by atoms with Crippen LogP contribution in [-0.4, -0.2) is 57.5 Å². The molecule has 0 bridgehead atoms. The Labute approximate surface area is 173 Å². The number of benzene rings is 1. The average molecular weight is 420 g/mol. The number of anilines is 1. The van der Waals surface area contributed by atoms with Crippen molar-refractivity contribution < 1.29 is 13.2 Å². The molecule has 3 rings (SSSR count). The molecule has 1 aliphatic heterocycles. The molecule has 0 spiro atoms. The maximum absolute atomic E-state index is 13.1. The normalized spacial score (nSPS) is 17.3. The van der Waals surface area contributed by atoms with Crippen LogP contribution < -0.4 is 15.0 Å². The second-order valence-electron chi connectivity index (χ2n) is 7.38. The Bertz CT molecular complexity index is 943. The highest BCUT2D eigenvalue weighted by Gasteiger charge is 2.26. The third kappa shape index (κ3) is 4.85. The number of para-hydroxylation sites is 1. The summed E-state index contributed by atoms with van der Waals surface area (Å²) < 4.78 is 32.7. The molecule has 0 unspecified atom stereocenters. The average Bonchev–Trinajstić information content (AvgIpc) is 2.74. The number of nitrogens with zero attached hydrogens (tertiary/aromatic N) is 4. The summed E-state index contributed by atoms with van der Waals surface area (Å²) in [7, 11) is 3.12. The number of hydrogen-bond donors (Lipinski definition) is 1. The molecule has 29 heavy (non-hydrogen) atoms. The van der Waals surface area contributed by atoms with Crippen molar-refractivity contribution in [1.82, 2.24) is 19.6 Å². The van der Waals surface area contributed by atoms with Gasteiger partial charge in [0.15, 0.2) is 0 Å². The Morgan fingerprint density at radius 3 is 2.59 bits per heavy atom. The Kier molecular flexibility index (Phi) is 6.71. The van der Waals surface area contributed by atoms with Crippen molar-refractivity contribution in [3.8, 4) is 5.75 Å². The van der Waals surface area contributed by atoms with Crippen LogP contribution in [0.25, 0.3) is 0 Å². The third-order valence-electron chi connectivity index (χ3n) is 5.01. The molecule has 0 aliphatic carbocycles. The summed E-state index contributed by atoms with van der Waals surface area (Å²) in [6.07, 6.45) is 3.26. The molecule has 2 heterocycles. The molecule has 8 nitrogen and oxygen atoms in total. The number of nitrogens with one attached hydrogen (secondary N) is 1. The van der Waals surface area contributed by atoms with Gasteiger partial charge in [-0.05, 0) is 31.5 Å². The van der Waals surface area contributed by atoms with Gasteiger partial charge in [0, 0.05) is 27.2 Å². The van der Waals surface area contributed by atoms with Gasteiger partial charge in [0.05, 0.1) is 25.4 Å². The highest BCUT2D eigenvalue weighted by molar-refractivity contribution is 7.89. The number of methoxy groups -OCH3 is 1. The molecule has 0 amide bonds. The van der Waals surface area contributed by atoms with E-state index in [1.54, 1.807) is 31.3 Å². The van der Waals surface area contributed by atoms with E-state index in [4.69, 9.17) is 9.72 Å². The smallest absolute Gasteiger partial charge is 0.246 e. The van der Waals surface area contributed by atoms with E-state index < -0.39 is 10.0 Å². The van der Waals surface area contributed by atoms with Gasteiger partial charge < -0.3 is 15.0 Å². The van der Waals surface area contributed by atoms with Crippen LogP contribution in [0.5, 0.6) is 5.75 Å². The van der Waals surface area contributed by atoms with E-state index in [1.807, 2.05) is 25.1 Å². The van der Waals surface area contributed by atoms with Crippen molar-refractivity contribution in [3.05, 3.63) is 41.9 Å². The molecule has 1 atom stereocenters. The molecule has 1 aromatic heterocycles. The van der Waals surface area contributed by atoms with Crippen molar-refractivity contribution in [3.63, 3.8) is 0 Å². The van der Waals surface area contributed by atoms with Gasteiger partial charge in [-0.1, -0.05) is 18.6 Å². The number of aromatic nitrogens is 2. The van der Waals surface area contributed by atoms with Crippen molar-refractivity contribution >= 4 is 15.8 Å². The van der Waals surface area contributed by atoms with Gasteiger partial charge in [0.2, 0.25) is 10.0 Å². The van der Waals surface area contributed by atoms with Crippen LogP contribution in [0.4, 0.5) is 5.82 Å². The van der Waals surface area contributed by atoms with Crippen LogP contribution >= 0.6 is 0 Å². The third-order valence-corrected chi connectivity index (χ3v) is 6.85. The zero-order valence-electron chi connectivity index (χ0n) is 17.4. The van der Waals surface area contributed by atoms with E-state index in [0.717, 1.165) is 31.6 Å². The van der Waals surface area contributed by atoms with Crippen molar-refractivity contribution in [2.24, 2.45) is 0 Å². The van der Waals surface area contributed by atoms with Crippen molar-refractivity contribution in [2.45, 2.75) is 36.7 Å². The van der Waals surface area contributed by atoms with Gasteiger partial charge in [-0.3, -0.25) is 0 Å². The van der Waals surface area contributed by atoms with Crippen LogP contribution in [0.15, 0.2) is 35.2 Å². The minimum atomic E-state index is -3.73. The molecule has 0 saturated carbocycles.